The monoisotopic (exact) mass is 232 g/mol. The van der Waals surface area contributed by atoms with Gasteiger partial charge in [-0.25, -0.2) is 9.67 Å². The van der Waals surface area contributed by atoms with Crippen molar-refractivity contribution >= 4 is 6.20 Å². The molecule has 0 aliphatic heterocycles. The first-order chi connectivity index (χ1) is 8.19. The fraction of sp³-hybridized carbons (Fsp3) is 0.333. The topological polar surface area (TPSA) is 55.9 Å². The minimum atomic E-state index is 0.0794. The Hall–Kier alpha value is -1.88. The fourth-order valence-electron chi connectivity index (χ4n) is 1.50. The predicted octanol–water partition coefficient (Wildman–Crippen LogP) is 2.13. The van der Waals surface area contributed by atoms with Gasteiger partial charge in [-0.15, -0.1) is 0 Å². The third kappa shape index (κ3) is 2.82. The summed E-state index contributed by atoms with van der Waals surface area (Å²) in [5, 5.41) is 7.43. The molecular weight excluding hydrogens is 216 g/mol. The molecule has 1 atom stereocenters. The van der Waals surface area contributed by atoms with Crippen molar-refractivity contribution < 1.29 is 4.42 Å². The molecule has 0 saturated heterocycles. The molecule has 17 heavy (non-hydrogen) atoms. The van der Waals surface area contributed by atoms with Gasteiger partial charge >= 0.3 is 0 Å². The van der Waals surface area contributed by atoms with E-state index in [9.17, 15) is 0 Å². The quantitative estimate of drug-likeness (QED) is 0.858. The number of aryl methyl sites for hydroxylation is 1. The summed E-state index contributed by atoms with van der Waals surface area (Å²) in [4.78, 5) is 4.18. The Morgan fingerprint density at radius 1 is 1.59 bits per heavy atom. The minimum absolute atomic E-state index is 0.0794. The van der Waals surface area contributed by atoms with E-state index in [1.54, 1.807) is 17.1 Å². The van der Waals surface area contributed by atoms with Crippen LogP contribution in [0.5, 0.6) is 0 Å². The molecule has 2 aromatic rings. The highest BCUT2D eigenvalue weighted by molar-refractivity contribution is 5.17. The second-order valence-corrected chi connectivity index (χ2v) is 3.92. The van der Waals surface area contributed by atoms with Crippen LogP contribution >= 0.6 is 0 Å². The summed E-state index contributed by atoms with van der Waals surface area (Å²) in [6.07, 6.45) is 7.11. The number of nitrogens with zero attached hydrogens (tertiary/aromatic N) is 3. The van der Waals surface area contributed by atoms with Gasteiger partial charge in [0.25, 0.3) is 0 Å². The molecule has 0 spiro atoms. The van der Waals surface area contributed by atoms with Gasteiger partial charge in [0.05, 0.1) is 18.4 Å². The molecule has 2 heterocycles. The molecule has 2 rings (SSSR count). The van der Waals surface area contributed by atoms with Crippen LogP contribution in [0.3, 0.4) is 0 Å². The second-order valence-electron chi connectivity index (χ2n) is 3.92. The molecule has 0 aromatic carbocycles. The first-order valence-electron chi connectivity index (χ1n) is 5.50. The van der Waals surface area contributed by atoms with Crippen molar-refractivity contribution in [3.63, 3.8) is 0 Å². The SMILES string of the molecule is C=Cn1cc(CNC(C)c2ncc(C)o2)cn1. The van der Waals surface area contributed by atoms with Crippen LogP contribution in [0, 0.1) is 6.92 Å². The van der Waals surface area contributed by atoms with Gasteiger partial charge in [-0.3, -0.25) is 0 Å². The molecule has 0 fully saturated rings. The van der Waals surface area contributed by atoms with Gasteiger partial charge in [0.2, 0.25) is 5.89 Å². The molecule has 0 bridgehead atoms. The molecule has 90 valence electrons. The van der Waals surface area contributed by atoms with Crippen LogP contribution in [0.25, 0.3) is 6.20 Å². The smallest absolute Gasteiger partial charge is 0.211 e. The van der Waals surface area contributed by atoms with E-state index in [0.29, 0.717) is 5.89 Å². The van der Waals surface area contributed by atoms with Crippen LogP contribution in [0.1, 0.15) is 30.2 Å². The summed E-state index contributed by atoms with van der Waals surface area (Å²) >= 11 is 0. The summed E-state index contributed by atoms with van der Waals surface area (Å²) in [6, 6.07) is 0.0794. The van der Waals surface area contributed by atoms with E-state index in [0.717, 1.165) is 17.9 Å². The average Bonchev–Trinajstić information content (AvgIpc) is 2.94. The van der Waals surface area contributed by atoms with Gasteiger partial charge in [-0.05, 0) is 13.8 Å². The van der Waals surface area contributed by atoms with Crippen LogP contribution in [0.2, 0.25) is 0 Å². The normalized spacial score (nSPS) is 12.6. The maximum atomic E-state index is 5.45. The lowest BCUT2D eigenvalue weighted by molar-refractivity contribution is 0.402. The van der Waals surface area contributed by atoms with E-state index >= 15 is 0 Å². The zero-order valence-corrected chi connectivity index (χ0v) is 10.1. The molecule has 1 N–H and O–H groups in total. The summed E-state index contributed by atoms with van der Waals surface area (Å²) < 4.78 is 7.13. The molecule has 5 heteroatoms. The van der Waals surface area contributed by atoms with Crippen LogP contribution in [0.15, 0.2) is 29.6 Å². The van der Waals surface area contributed by atoms with Crippen LogP contribution in [0.4, 0.5) is 0 Å². The molecule has 0 aliphatic rings. The third-order valence-corrected chi connectivity index (χ3v) is 2.46. The van der Waals surface area contributed by atoms with Gasteiger partial charge in [0.15, 0.2) is 0 Å². The lowest BCUT2D eigenvalue weighted by Crippen LogP contribution is -2.18. The maximum Gasteiger partial charge on any atom is 0.211 e. The second kappa shape index (κ2) is 4.97. The van der Waals surface area contributed by atoms with Crippen LogP contribution in [-0.4, -0.2) is 14.8 Å². The zero-order valence-electron chi connectivity index (χ0n) is 10.1. The Balaban J connectivity index is 1.91. The van der Waals surface area contributed by atoms with Gasteiger partial charge in [0.1, 0.15) is 5.76 Å². The van der Waals surface area contributed by atoms with Crippen molar-refractivity contribution in [1.29, 1.82) is 0 Å². The largest absolute Gasteiger partial charge is 0.444 e. The standard InChI is InChI=1S/C12H16N4O/c1-4-16-8-11(7-15-16)6-13-10(3)12-14-5-9(2)17-12/h4-5,7-8,10,13H,1,6H2,2-3H3. The number of nitrogens with one attached hydrogen (secondary N) is 1. The molecular formula is C12H16N4O. The number of rotatable bonds is 5. The van der Waals surface area contributed by atoms with E-state index < -0.39 is 0 Å². The van der Waals surface area contributed by atoms with Crippen LogP contribution in [-0.2, 0) is 6.54 Å². The first kappa shape index (κ1) is 11.6. The summed E-state index contributed by atoms with van der Waals surface area (Å²) in [7, 11) is 0. The Morgan fingerprint density at radius 3 is 3.00 bits per heavy atom. The number of hydrogen-bond acceptors (Lipinski definition) is 4. The molecule has 0 amide bonds. The highest BCUT2D eigenvalue weighted by Crippen LogP contribution is 2.12. The highest BCUT2D eigenvalue weighted by atomic mass is 16.4. The van der Waals surface area contributed by atoms with E-state index in [2.05, 4.69) is 22.0 Å². The van der Waals surface area contributed by atoms with Crippen molar-refractivity contribution in [3.8, 4) is 0 Å². The lowest BCUT2D eigenvalue weighted by Gasteiger charge is -2.08. The van der Waals surface area contributed by atoms with Gasteiger partial charge in [-0.2, -0.15) is 5.10 Å². The van der Waals surface area contributed by atoms with E-state index in [-0.39, 0.29) is 6.04 Å². The number of oxazole rings is 1. The van der Waals surface area contributed by atoms with Crippen molar-refractivity contribution in [2.24, 2.45) is 0 Å². The fourth-order valence-corrected chi connectivity index (χ4v) is 1.50. The molecule has 2 aromatic heterocycles. The Morgan fingerprint density at radius 2 is 2.41 bits per heavy atom. The molecule has 5 nitrogen and oxygen atoms in total. The van der Waals surface area contributed by atoms with Crippen molar-refractivity contribution in [3.05, 3.63) is 42.4 Å². The molecule has 0 radical (unpaired) electrons. The van der Waals surface area contributed by atoms with Crippen LogP contribution < -0.4 is 5.32 Å². The Labute approximate surface area is 100 Å². The van der Waals surface area contributed by atoms with E-state index in [1.165, 1.54) is 0 Å². The van der Waals surface area contributed by atoms with E-state index in [1.807, 2.05) is 26.2 Å². The first-order valence-corrected chi connectivity index (χ1v) is 5.50. The van der Waals surface area contributed by atoms with Gasteiger partial charge < -0.3 is 9.73 Å². The lowest BCUT2D eigenvalue weighted by atomic mass is 10.3. The maximum absolute atomic E-state index is 5.45. The van der Waals surface area contributed by atoms with Gasteiger partial charge in [-0.1, -0.05) is 6.58 Å². The van der Waals surface area contributed by atoms with Crippen molar-refractivity contribution in [2.75, 3.05) is 0 Å². The zero-order chi connectivity index (χ0) is 12.3. The Kier molecular flexibility index (Phi) is 3.39. The van der Waals surface area contributed by atoms with Gasteiger partial charge in [0, 0.05) is 24.5 Å². The Bertz CT molecular complexity index is 500. The number of hydrogen-bond donors (Lipinski definition) is 1. The minimum Gasteiger partial charge on any atom is -0.444 e. The highest BCUT2D eigenvalue weighted by Gasteiger charge is 2.10. The predicted molar refractivity (Wildman–Crippen MR) is 65.1 cm³/mol. The van der Waals surface area contributed by atoms with E-state index in [4.69, 9.17) is 4.42 Å². The summed E-state index contributed by atoms with van der Waals surface area (Å²) in [5.74, 6) is 1.53. The summed E-state index contributed by atoms with van der Waals surface area (Å²) in [6.45, 7) is 8.27. The molecule has 1 unspecified atom stereocenters. The number of aromatic nitrogens is 3. The van der Waals surface area contributed by atoms with Crippen molar-refractivity contribution in [1.82, 2.24) is 20.1 Å². The molecule has 0 saturated carbocycles. The molecule has 0 aliphatic carbocycles. The summed E-state index contributed by atoms with van der Waals surface area (Å²) in [5.41, 5.74) is 1.10. The van der Waals surface area contributed by atoms with Crippen molar-refractivity contribution in [2.45, 2.75) is 26.4 Å². The average molecular weight is 232 g/mol. The third-order valence-electron chi connectivity index (χ3n) is 2.46.